The van der Waals surface area contributed by atoms with Gasteiger partial charge in [0.15, 0.2) is 0 Å². The van der Waals surface area contributed by atoms with Crippen LogP contribution in [-0.2, 0) is 5.41 Å². The van der Waals surface area contributed by atoms with Crippen LogP contribution in [0.25, 0.3) is 0 Å². The molecule has 0 atom stereocenters. The van der Waals surface area contributed by atoms with E-state index in [0.717, 1.165) is 8.95 Å². The lowest BCUT2D eigenvalue weighted by atomic mass is 9.96. The summed E-state index contributed by atoms with van der Waals surface area (Å²) in [6.07, 6.45) is 0. The lowest BCUT2D eigenvalue weighted by molar-refractivity contribution is 0.444. The van der Waals surface area contributed by atoms with Gasteiger partial charge in [-0.3, -0.25) is 0 Å². The molecule has 112 valence electrons. The number of benzene rings is 1. The largest absolute Gasteiger partial charge is 0.438 e. The monoisotopic (exact) mass is 414 g/mol. The van der Waals surface area contributed by atoms with Gasteiger partial charge >= 0.3 is 0 Å². The molecule has 2 aromatic rings. The van der Waals surface area contributed by atoms with Crippen LogP contribution in [0.5, 0.6) is 11.6 Å². The van der Waals surface area contributed by atoms with Crippen molar-refractivity contribution in [1.29, 1.82) is 0 Å². The topological polar surface area (TPSA) is 73.1 Å². The number of nitrogens with zero attached hydrogens (tertiary/aromatic N) is 2. The maximum atomic E-state index is 5.83. The molecule has 5 nitrogen and oxygen atoms in total. The Hall–Kier alpha value is -1.18. The Morgan fingerprint density at radius 2 is 1.86 bits per heavy atom. The van der Waals surface area contributed by atoms with Crippen LogP contribution >= 0.6 is 31.9 Å². The molecule has 0 aliphatic carbocycles. The van der Waals surface area contributed by atoms with Gasteiger partial charge in [0.1, 0.15) is 17.4 Å². The highest BCUT2D eigenvalue weighted by atomic mass is 79.9. The van der Waals surface area contributed by atoms with Crippen molar-refractivity contribution in [3.63, 3.8) is 0 Å². The molecular formula is C14H16Br2N4O. The van der Waals surface area contributed by atoms with Gasteiger partial charge in [-0.05, 0) is 34.1 Å². The van der Waals surface area contributed by atoms with Gasteiger partial charge in [-0.1, -0.05) is 36.7 Å². The van der Waals surface area contributed by atoms with Crippen molar-refractivity contribution in [3.05, 3.63) is 39.0 Å². The highest BCUT2D eigenvalue weighted by Gasteiger charge is 2.20. The normalized spacial score (nSPS) is 11.3. The van der Waals surface area contributed by atoms with Crippen molar-refractivity contribution in [1.82, 2.24) is 9.97 Å². The van der Waals surface area contributed by atoms with E-state index in [-0.39, 0.29) is 5.41 Å². The number of halogens is 2. The fraction of sp³-hybridized carbons (Fsp3) is 0.286. The molecule has 0 unspecified atom stereocenters. The molecule has 1 aromatic carbocycles. The summed E-state index contributed by atoms with van der Waals surface area (Å²) in [4.78, 5) is 8.80. The van der Waals surface area contributed by atoms with Crippen LogP contribution in [0, 0.1) is 0 Å². The van der Waals surface area contributed by atoms with E-state index < -0.39 is 0 Å². The molecule has 0 saturated carbocycles. The van der Waals surface area contributed by atoms with E-state index in [0.29, 0.717) is 23.3 Å². The second kappa shape index (κ2) is 6.29. The maximum Gasteiger partial charge on any atom is 0.224 e. The number of hydrogen-bond donors (Lipinski definition) is 2. The highest BCUT2D eigenvalue weighted by Crippen LogP contribution is 2.32. The zero-order chi connectivity index (χ0) is 15.6. The fourth-order valence-corrected chi connectivity index (χ4v) is 2.69. The van der Waals surface area contributed by atoms with Crippen molar-refractivity contribution < 1.29 is 4.74 Å². The highest BCUT2D eigenvalue weighted by molar-refractivity contribution is 9.11. The molecular weight excluding hydrogens is 400 g/mol. The fourth-order valence-electron chi connectivity index (χ4n) is 1.56. The summed E-state index contributed by atoms with van der Waals surface area (Å²) in [5.74, 6) is 7.73. The van der Waals surface area contributed by atoms with E-state index in [1.54, 1.807) is 6.07 Å². The van der Waals surface area contributed by atoms with Crippen molar-refractivity contribution in [2.45, 2.75) is 26.2 Å². The van der Waals surface area contributed by atoms with Crippen molar-refractivity contribution in [2.24, 2.45) is 5.84 Å². The molecule has 0 saturated heterocycles. The van der Waals surface area contributed by atoms with Crippen molar-refractivity contribution >= 4 is 37.7 Å². The van der Waals surface area contributed by atoms with E-state index >= 15 is 0 Å². The molecule has 0 amide bonds. The number of anilines is 1. The van der Waals surface area contributed by atoms with Crippen LogP contribution < -0.4 is 16.0 Å². The molecule has 0 aliphatic rings. The van der Waals surface area contributed by atoms with Crippen LogP contribution in [-0.4, -0.2) is 9.97 Å². The third-order valence-corrected chi connectivity index (χ3v) is 3.74. The van der Waals surface area contributed by atoms with Gasteiger partial charge in [-0.2, -0.15) is 4.98 Å². The van der Waals surface area contributed by atoms with Crippen LogP contribution in [0.15, 0.2) is 33.2 Å². The molecule has 7 heteroatoms. The maximum absolute atomic E-state index is 5.83. The molecule has 0 aliphatic heterocycles. The van der Waals surface area contributed by atoms with Gasteiger partial charge in [0.2, 0.25) is 5.88 Å². The average Bonchev–Trinajstić information content (AvgIpc) is 2.40. The molecule has 0 fully saturated rings. The molecule has 21 heavy (non-hydrogen) atoms. The van der Waals surface area contributed by atoms with Gasteiger partial charge in [0, 0.05) is 16.0 Å². The number of aromatic nitrogens is 2. The number of nitrogens with one attached hydrogen (secondary N) is 1. The van der Waals surface area contributed by atoms with Crippen LogP contribution in [0.4, 0.5) is 5.82 Å². The first-order valence-corrected chi connectivity index (χ1v) is 7.87. The summed E-state index contributed by atoms with van der Waals surface area (Å²) >= 11 is 6.86. The minimum absolute atomic E-state index is 0.206. The second-order valence-electron chi connectivity index (χ2n) is 5.49. The molecule has 0 spiro atoms. The zero-order valence-corrected chi connectivity index (χ0v) is 15.1. The minimum Gasteiger partial charge on any atom is -0.438 e. The molecule has 2 rings (SSSR count). The first-order valence-electron chi connectivity index (χ1n) is 6.28. The average molecular weight is 416 g/mol. The quantitative estimate of drug-likeness (QED) is 0.574. The predicted octanol–water partition coefficient (Wildman–Crippen LogP) is 4.38. The van der Waals surface area contributed by atoms with E-state index in [1.165, 1.54) is 0 Å². The molecule has 1 heterocycles. The first kappa shape index (κ1) is 16.2. The van der Waals surface area contributed by atoms with Crippen LogP contribution in [0.2, 0.25) is 0 Å². The van der Waals surface area contributed by atoms with E-state index in [4.69, 9.17) is 10.6 Å². The third kappa shape index (κ3) is 4.15. The number of hydrogen-bond acceptors (Lipinski definition) is 5. The van der Waals surface area contributed by atoms with Gasteiger partial charge in [0.25, 0.3) is 0 Å². The summed E-state index contributed by atoms with van der Waals surface area (Å²) in [5, 5.41) is 0. The van der Waals surface area contributed by atoms with Crippen LogP contribution in [0.3, 0.4) is 0 Å². The Kier molecular flexibility index (Phi) is 4.85. The summed E-state index contributed by atoms with van der Waals surface area (Å²) in [6, 6.07) is 7.31. The lowest BCUT2D eigenvalue weighted by Crippen LogP contribution is -2.19. The number of hydrazine groups is 1. The van der Waals surface area contributed by atoms with Gasteiger partial charge in [0.05, 0.1) is 4.47 Å². The molecule has 3 N–H and O–H groups in total. The minimum atomic E-state index is -0.206. The zero-order valence-electron chi connectivity index (χ0n) is 11.9. The summed E-state index contributed by atoms with van der Waals surface area (Å²) in [7, 11) is 0. The molecule has 0 radical (unpaired) electrons. The second-order valence-corrected chi connectivity index (χ2v) is 7.26. The summed E-state index contributed by atoms with van der Waals surface area (Å²) in [5.41, 5.74) is 2.33. The van der Waals surface area contributed by atoms with Gasteiger partial charge in [-0.25, -0.2) is 10.8 Å². The summed E-state index contributed by atoms with van der Waals surface area (Å²) in [6.45, 7) is 6.09. The lowest BCUT2D eigenvalue weighted by Gasteiger charge is -2.18. The Balaban J connectivity index is 2.39. The van der Waals surface area contributed by atoms with E-state index in [2.05, 4.69) is 47.3 Å². The number of nitrogen functional groups attached to an aromatic ring is 1. The van der Waals surface area contributed by atoms with E-state index in [9.17, 15) is 0 Å². The third-order valence-electron chi connectivity index (χ3n) is 2.63. The summed E-state index contributed by atoms with van der Waals surface area (Å²) < 4.78 is 7.62. The Morgan fingerprint density at radius 3 is 2.43 bits per heavy atom. The Labute approximate surface area is 140 Å². The van der Waals surface area contributed by atoms with Gasteiger partial charge < -0.3 is 10.2 Å². The van der Waals surface area contributed by atoms with Gasteiger partial charge in [-0.15, -0.1) is 0 Å². The van der Waals surface area contributed by atoms with E-state index in [1.807, 2.05) is 39.0 Å². The smallest absolute Gasteiger partial charge is 0.224 e. The number of ether oxygens (including phenoxy) is 1. The molecule has 1 aromatic heterocycles. The Morgan fingerprint density at radius 1 is 1.14 bits per heavy atom. The number of nitrogens with two attached hydrogens (primary N) is 1. The van der Waals surface area contributed by atoms with Crippen molar-refractivity contribution in [3.8, 4) is 11.6 Å². The van der Waals surface area contributed by atoms with Crippen LogP contribution in [0.1, 0.15) is 26.6 Å². The number of rotatable bonds is 3. The van der Waals surface area contributed by atoms with Crippen molar-refractivity contribution in [2.75, 3.05) is 5.43 Å². The standard InChI is InChI=1S/C14H16Br2N4O/c1-14(2,3)13-18-11(20-17)7-12(19-13)21-10-5-4-8(15)6-9(10)16/h4-7H,17H2,1-3H3,(H,18,19,20). The Bertz CT molecular complexity index is 656. The SMILES string of the molecule is CC(C)(C)c1nc(NN)cc(Oc2ccc(Br)cc2Br)n1. The first-order chi connectivity index (χ1) is 9.79. The molecule has 0 bridgehead atoms. The predicted molar refractivity (Wildman–Crippen MR) is 90.5 cm³/mol.